The van der Waals surface area contributed by atoms with Gasteiger partial charge in [-0.15, -0.1) is 0 Å². The Morgan fingerprint density at radius 2 is 2.04 bits per heavy atom. The third-order valence-corrected chi connectivity index (χ3v) is 5.97. The molecule has 1 aromatic carbocycles. The first kappa shape index (κ1) is 19.1. The van der Waals surface area contributed by atoms with Crippen molar-refractivity contribution in [3.05, 3.63) is 23.3 Å². The van der Waals surface area contributed by atoms with Gasteiger partial charge < -0.3 is 24.1 Å². The molecule has 1 aliphatic heterocycles. The summed E-state index contributed by atoms with van der Waals surface area (Å²) in [4.78, 5) is 11.3. The van der Waals surface area contributed by atoms with Crippen LogP contribution >= 0.6 is 0 Å². The van der Waals surface area contributed by atoms with Gasteiger partial charge in [-0.05, 0) is 31.0 Å². The molecule has 0 spiro atoms. The fourth-order valence-corrected chi connectivity index (χ4v) is 4.83. The van der Waals surface area contributed by atoms with Gasteiger partial charge in [-0.25, -0.2) is 0 Å². The van der Waals surface area contributed by atoms with Crippen LogP contribution in [0.5, 0.6) is 11.5 Å². The Hall–Kier alpha value is -1.63. The number of carbonyl (C=O) groups is 1. The van der Waals surface area contributed by atoms with E-state index in [4.69, 9.17) is 18.9 Å². The van der Waals surface area contributed by atoms with Crippen molar-refractivity contribution in [1.82, 2.24) is 0 Å². The highest BCUT2D eigenvalue weighted by atomic mass is 16.7. The minimum Gasteiger partial charge on any atom is -0.493 e. The van der Waals surface area contributed by atoms with Gasteiger partial charge in [-0.2, -0.15) is 0 Å². The molecule has 0 saturated heterocycles. The normalized spacial score (nSPS) is 32.2. The number of fused-ring (bicyclic) bond motifs is 2. The third kappa shape index (κ3) is 3.00. The SMILES string of the molecule is COCO[C@@H]1[C@@H](O)C[C@@]2(C)Oc3c(cc(C=O)cc3OC)C[C@@H]2C1(C)C. The zero-order chi connectivity index (χ0) is 19.1. The van der Waals surface area contributed by atoms with Crippen molar-refractivity contribution >= 4 is 6.29 Å². The zero-order valence-corrected chi connectivity index (χ0v) is 16.1. The van der Waals surface area contributed by atoms with Gasteiger partial charge >= 0.3 is 0 Å². The molecule has 0 bridgehead atoms. The van der Waals surface area contributed by atoms with Crippen molar-refractivity contribution in [2.24, 2.45) is 11.3 Å². The van der Waals surface area contributed by atoms with E-state index in [1.165, 1.54) is 0 Å². The molecule has 0 radical (unpaired) electrons. The van der Waals surface area contributed by atoms with Crippen LogP contribution in [0.1, 0.15) is 43.1 Å². The lowest BCUT2D eigenvalue weighted by Gasteiger charge is -2.57. The van der Waals surface area contributed by atoms with E-state index in [0.717, 1.165) is 18.3 Å². The minimum absolute atomic E-state index is 0.0966. The van der Waals surface area contributed by atoms with Crippen molar-refractivity contribution in [1.29, 1.82) is 0 Å². The number of aliphatic hydroxyl groups excluding tert-OH is 1. The molecule has 0 amide bonds. The lowest BCUT2D eigenvalue weighted by molar-refractivity contribution is -0.226. The fourth-order valence-electron chi connectivity index (χ4n) is 4.83. The van der Waals surface area contributed by atoms with Crippen LogP contribution in [0.3, 0.4) is 0 Å². The van der Waals surface area contributed by atoms with Crippen molar-refractivity contribution in [2.45, 2.75) is 51.4 Å². The number of hydrogen-bond donors (Lipinski definition) is 1. The Kier molecular flexibility index (Phi) is 5.03. The summed E-state index contributed by atoms with van der Waals surface area (Å²) in [7, 11) is 3.13. The van der Waals surface area contributed by atoms with E-state index in [1.54, 1.807) is 20.3 Å². The number of hydrogen-bond acceptors (Lipinski definition) is 6. The Balaban J connectivity index is 2.03. The van der Waals surface area contributed by atoms with E-state index in [9.17, 15) is 9.90 Å². The van der Waals surface area contributed by atoms with E-state index in [1.807, 2.05) is 13.0 Å². The summed E-state index contributed by atoms with van der Waals surface area (Å²) in [6.45, 7) is 6.35. The van der Waals surface area contributed by atoms with Crippen LogP contribution in [0.4, 0.5) is 0 Å². The largest absolute Gasteiger partial charge is 0.493 e. The summed E-state index contributed by atoms with van der Waals surface area (Å²) in [5.41, 5.74) is 0.601. The Morgan fingerprint density at radius 3 is 2.65 bits per heavy atom. The maximum atomic E-state index is 11.3. The molecule has 2 aliphatic rings. The maximum absolute atomic E-state index is 11.3. The van der Waals surface area contributed by atoms with Crippen molar-refractivity contribution < 1.29 is 28.8 Å². The predicted octanol–water partition coefficient (Wildman–Crippen LogP) is 2.60. The highest BCUT2D eigenvalue weighted by Crippen LogP contribution is 2.55. The molecule has 0 unspecified atom stereocenters. The highest BCUT2D eigenvalue weighted by Gasteiger charge is 2.59. The minimum atomic E-state index is -0.664. The van der Waals surface area contributed by atoms with Crippen LogP contribution in [-0.2, 0) is 15.9 Å². The predicted molar refractivity (Wildman–Crippen MR) is 95.8 cm³/mol. The number of aldehydes is 1. The summed E-state index contributed by atoms with van der Waals surface area (Å²) in [6, 6.07) is 3.54. The van der Waals surface area contributed by atoms with Gasteiger partial charge in [-0.1, -0.05) is 13.8 Å². The Bertz CT molecular complexity index is 685. The molecule has 1 saturated carbocycles. The van der Waals surface area contributed by atoms with Crippen LogP contribution in [0, 0.1) is 11.3 Å². The first-order chi connectivity index (χ1) is 12.3. The standard InChI is InChI=1S/C20H28O6/c1-19(2)16-8-13-6-12(10-21)7-15(24-5)17(13)26-20(16,3)9-14(22)18(19)25-11-23-4/h6-7,10,14,16,18,22H,8-9,11H2,1-5H3/t14-,16+,18+,20+/m0/s1. The molecule has 6 nitrogen and oxygen atoms in total. The molecule has 4 atom stereocenters. The lowest BCUT2D eigenvalue weighted by atomic mass is 9.56. The number of carbonyl (C=O) groups excluding carboxylic acids is 1. The molecule has 26 heavy (non-hydrogen) atoms. The molecule has 1 N–H and O–H groups in total. The second-order valence-electron chi connectivity index (χ2n) is 8.09. The van der Waals surface area contributed by atoms with Crippen molar-refractivity contribution in [3.8, 4) is 11.5 Å². The topological polar surface area (TPSA) is 74.2 Å². The summed E-state index contributed by atoms with van der Waals surface area (Å²) < 4.78 is 22.7. The van der Waals surface area contributed by atoms with Gasteiger partial charge in [0.15, 0.2) is 11.5 Å². The smallest absolute Gasteiger partial charge is 0.165 e. The summed E-state index contributed by atoms with van der Waals surface area (Å²) in [5.74, 6) is 1.31. The second kappa shape index (κ2) is 6.83. The molecular formula is C20H28O6. The average molecular weight is 364 g/mol. The number of rotatable bonds is 5. The first-order valence-corrected chi connectivity index (χ1v) is 8.90. The van der Waals surface area contributed by atoms with Crippen LogP contribution in [0.15, 0.2) is 12.1 Å². The van der Waals surface area contributed by atoms with Gasteiger partial charge in [0, 0.05) is 30.4 Å². The summed E-state index contributed by atoms with van der Waals surface area (Å²) in [5, 5.41) is 10.8. The summed E-state index contributed by atoms with van der Waals surface area (Å²) >= 11 is 0. The molecule has 0 aromatic heterocycles. The van der Waals surface area contributed by atoms with Gasteiger partial charge in [-0.3, -0.25) is 4.79 Å². The van der Waals surface area contributed by atoms with Gasteiger partial charge in [0.2, 0.25) is 0 Å². The molecule has 3 rings (SSSR count). The molecule has 6 heteroatoms. The van der Waals surface area contributed by atoms with Crippen LogP contribution in [-0.4, -0.2) is 50.2 Å². The molecule has 1 fully saturated rings. The van der Waals surface area contributed by atoms with Gasteiger partial charge in [0.25, 0.3) is 0 Å². The van der Waals surface area contributed by atoms with Crippen LogP contribution < -0.4 is 9.47 Å². The van der Waals surface area contributed by atoms with E-state index >= 15 is 0 Å². The van der Waals surface area contributed by atoms with E-state index < -0.39 is 11.7 Å². The number of benzene rings is 1. The van der Waals surface area contributed by atoms with E-state index in [0.29, 0.717) is 23.5 Å². The van der Waals surface area contributed by atoms with Crippen molar-refractivity contribution in [2.75, 3.05) is 21.0 Å². The first-order valence-electron chi connectivity index (χ1n) is 8.90. The maximum Gasteiger partial charge on any atom is 0.165 e. The van der Waals surface area contributed by atoms with Crippen LogP contribution in [0.2, 0.25) is 0 Å². The Labute approximate surface area is 154 Å². The molecule has 1 heterocycles. The van der Waals surface area contributed by atoms with Crippen molar-refractivity contribution in [3.63, 3.8) is 0 Å². The lowest BCUT2D eigenvalue weighted by Crippen LogP contribution is -2.64. The Morgan fingerprint density at radius 1 is 1.31 bits per heavy atom. The van der Waals surface area contributed by atoms with Crippen LogP contribution in [0.25, 0.3) is 0 Å². The second-order valence-corrected chi connectivity index (χ2v) is 8.09. The number of aliphatic hydroxyl groups is 1. The quantitative estimate of drug-likeness (QED) is 0.639. The number of ether oxygens (including phenoxy) is 4. The zero-order valence-electron chi connectivity index (χ0n) is 16.1. The van der Waals surface area contributed by atoms with E-state index in [-0.39, 0.29) is 24.2 Å². The third-order valence-electron chi connectivity index (χ3n) is 5.97. The van der Waals surface area contributed by atoms with Gasteiger partial charge in [0.1, 0.15) is 18.7 Å². The molecule has 1 aromatic rings. The molecular weight excluding hydrogens is 336 g/mol. The number of methoxy groups -OCH3 is 2. The van der Waals surface area contributed by atoms with Gasteiger partial charge in [0.05, 0.1) is 19.3 Å². The fraction of sp³-hybridized carbons (Fsp3) is 0.650. The molecule has 1 aliphatic carbocycles. The molecule has 144 valence electrons. The monoisotopic (exact) mass is 364 g/mol. The summed E-state index contributed by atoms with van der Waals surface area (Å²) in [6.07, 6.45) is 0.964. The average Bonchev–Trinajstić information content (AvgIpc) is 2.59. The van der Waals surface area contributed by atoms with E-state index in [2.05, 4.69) is 13.8 Å². The highest BCUT2D eigenvalue weighted by molar-refractivity contribution is 5.77.